The molecule has 1 aromatic heterocycles. The van der Waals surface area contributed by atoms with Gasteiger partial charge in [0.05, 0.1) is 10.6 Å². The number of halogens is 1. The molecule has 0 bridgehead atoms. The Balaban J connectivity index is 2.28. The Morgan fingerprint density at radius 3 is 2.52 bits per heavy atom. The van der Waals surface area contributed by atoms with Crippen LogP contribution in [-0.2, 0) is 23.6 Å². The van der Waals surface area contributed by atoms with Crippen molar-refractivity contribution in [3.05, 3.63) is 45.2 Å². The second kappa shape index (κ2) is 5.90. The maximum atomic E-state index is 12.4. The molecule has 1 heterocycles. The van der Waals surface area contributed by atoms with Gasteiger partial charge in [0.1, 0.15) is 0 Å². The number of benzene rings is 1. The van der Waals surface area contributed by atoms with Crippen molar-refractivity contribution in [2.24, 2.45) is 7.05 Å². The van der Waals surface area contributed by atoms with Gasteiger partial charge in [-0.3, -0.25) is 4.68 Å². The average molecular weight is 372 g/mol. The normalized spacial score (nSPS) is 11.9. The lowest BCUT2D eigenvalue weighted by Gasteiger charge is -2.10. The minimum Gasteiger partial charge on any atom is -0.272 e. The summed E-state index contributed by atoms with van der Waals surface area (Å²) < 4.78 is 30.1. The van der Waals surface area contributed by atoms with Crippen LogP contribution in [0.5, 0.6) is 0 Å². The molecule has 1 N–H and O–H groups in total. The first-order valence-corrected chi connectivity index (χ1v) is 8.75. The zero-order valence-corrected chi connectivity index (χ0v) is 14.8. The van der Waals surface area contributed by atoms with Gasteiger partial charge in [0, 0.05) is 29.3 Å². The summed E-state index contributed by atoms with van der Waals surface area (Å²) in [5.41, 5.74) is 3.41. The third-order valence-electron chi connectivity index (χ3n) is 3.61. The topological polar surface area (TPSA) is 64.0 Å². The molecule has 0 saturated heterocycles. The first kappa shape index (κ1) is 16.2. The Labute approximate surface area is 133 Å². The first-order chi connectivity index (χ1) is 9.74. The van der Waals surface area contributed by atoms with Crippen LogP contribution in [0.4, 0.5) is 0 Å². The van der Waals surface area contributed by atoms with Gasteiger partial charge >= 0.3 is 0 Å². The van der Waals surface area contributed by atoms with Gasteiger partial charge in [-0.05, 0) is 38.5 Å². The molecular weight excluding hydrogens is 354 g/mol. The molecule has 0 saturated carbocycles. The molecular formula is C14H18BrN3O2S. The first-order valence-electron chi connectivity index (χ1n) is 6.48. The number of nitrogens with zero attached hydrogens (tertiary/aromatic N) is 2. The van der Waals surface area contributed by atoms with Crippen LogP contribution in [0.1, 0.15) is 22.5 Å². The zero-order valence-electron chi connectivity index (χ0n) is 12.4. The van der Waals surface area contributed by atoms with Crippen molar-refractivity contribution in [3.8, 4) is 0 Å². The predicted octanol–water partition coefficient (Wildman–Crippen LogP) is 2.59. The van der Waals surface area contributed by atoms with Crippen molar-refractivity contribution in [1.29, 1.82) is 0 Å². The fourth-order valence-electron chi connectivity index (χ4n) is 2.20. The number of hydrogen-bond donors (Lipinski definition) is 1. The number of aryl methyl sites for hydroxylation is 2. The molecule has 0 spiro atoms. The van der Waals surface area contributed by atoms with Crippen LogP contribution >= 0.6 is 15.9 Å². The minimum absolute atomic E-state index is 0.236. The lowest BCUT2D eigenvalue weighted by Crippen LogP contribution is -2.24. The smallest absolute Gasteiger partial charge is 0.241 e. The van der Waals surface area contributed by atoms with Gasteiger partial charge < -0.3 is 0 Å². The van der Waals surface area contributed by atoms with E-state index in [1.54, 1.807) is 23.7 Å². The average Bonchev–Trinajstić information content (AvgIpc) is 2.64. The fourth-order valence-corrected chi connectivity index (χ4v) is 3.96. The van der Waals surface area contributed by atoms with E-state index in [9.17, 15) is 8.42 Å². The largest absolute Gasteiger partial charge is 0.272 e. The molecule has 2 aromatic rings. The summed E-state index contributed by atoms with van der Waals surface area (Å²) >= 11 is 3.36. The van der Waals surface area contributed by atoms with E-state index in [1.165, 1.54) is 0 Å². The number of sulfonamides is 1. The van der Waals surface area contributed by atoms with E-state index in [4.69, 9.17) is 0 Å². The van der Waals surface area contributed by atoms with Gasteiger partial charge in [0.25, 0.3) is 0 Å². The maximum absolute atomic E-state index is 12.4. The molecule has 0 aliphatic heterocycles. The monoisotopic (exact) mass is 371 g/mol. The van der Waals surface area contributed by atoms with Crippen molar-refractivity contribution in [2.45, 2.75) is 32.2 Å². The second-order valence-corrected chi connectivity index (χ2v) is 7.55. The van der Waals surface area contributed by atoms with Crippen molar-refractivity contribution in [3.63, 3.8) is 0 Å². The van der Waals surface area contributed by atoms with E-state index >= 15 is 0 Å². The van der Waals surface area contributed by atoms with Gasteiger partial charge in [-0.1, -0.05) is 22.0 Å². The van der Waals surface area contributed by atoms with Crippen molar-refractivity contribution < 1.29 is 8.42 Å². The summed E-state index contributed by atoms with van der Waals surface area (Å²) in [4.78, 5) is 0.288. The third-order valence-corrected chi connectivity index (χ3v) is 6.01. The molecule has 1 aromatic carbocycles. The van der Waals surface area contributed by atoms with Gasteiger partial charge in [-0.25, -0.2) is 13.1 Å². The Bertz CT molecular complexity index is 782. The molecule has 0 atom stereocenters. The summed E-state index contributed by atoms with van der Waals surface area (Å²) in [7, 11) is -1.71. The Kier molecular flexibility index (Phi) is 4.55. The summed E-state index contributed by atoms with van der Waals surface area (Å²) in [5.74, 6) is 0. The van der Waals surface area contributed by atoms with Gasteiger partial charge in [0.2, 0.25) is 10.0 Å². The van der Waals surface area contributed by atoms with E-state index in [1.807, 2.05) is 27.0 Å². The quantitative estimate of drug-likeness (QED) is 0.897. The molecule has 0 aliphatic carbocycles. The molecule has 0 aliphatic rings. The Morgan fingerprint density at radius 2 is 1.95 bits per heavy atom. The van der Waals surface area contributed by atoms with Crippen molar-refractivity contribution in [1.82, 2.24) is 14.5 Å². The van der Waals surface area contributed by atoms with Crippen LogP contribution < -0.4 is 4.72 Å². The van der Waals surface area contributed by atoms with Crippen LogP contribution in [0.3, 0.4) is 0 Å². The summed E-state index contributed by atoms with van der Waals surface area (Å²) in [6.45, 7) is 5.81. The Morgan fingerprint density at radius 1 is 1.29 bits per heavy atom. The highest BCUT2D eigenvalue weighted by Gasteiger charge is 2.19. The lowest BCUT2D eigenvalue weighted by molar-refractivity contribution is 0.580. The molecule has 7 heteroatoms. The van der Waals surface area contributed by atoms with E-state index < -0.39 is 10.0 Å². The van der Waals surface area contributed by atoms with Gasteiger partial charge in [-0.2, -0.15) is 5.10 Å². The van der Waals surface area contributed by atoms with E-state index in [-0.39, 0.29) is 11.4 Å². The van der Waals surface area contributed by atoms with Crippen molar-refractivity contribution >= 4 is 26.0 Å². The number of aromatic nitrogens is 2. The van der Waals surface area contributed by atoms with Crippen LogP contribution in [0.2, 0.25) is 0 Å². The van der Waals surface area contributed by atoms with Crippen LogP contribution in [0.25, 0.3) is 0 Å². The molecule has 114 valence electrons. The van der Waals surface area contributed by atoms with E-state index in [0.29, 0.717) is 5.56 Å². The van der Waals surface area contributed by atoms with Crippen LogP contribution in [0.15, 0.2) is 27.6 Å². The highest BCUT2D eigenvalue weighted by atomic mass is 79.9. The molecule has 0 unspecified atom stereocenters. The highest BCUT2D eigenvalue weighted by Crippen LogP contribution is 2.23. The molecule has 0 radical (unpaired) electrons. The standard InChI is InChI=1S/C14H18BrN3O2S/c1-9-13(15)6-5-7-14(9)21(19,20)16-8-12-10(2)17-18(4)11(12)3/h5-7,16H,8H2,1-4H3. The Hall–Kier alpha value is -1.18. The number of rotatable bonds is 4. The minimum atomic E-state index is -3.55. The van der Waals surface area contributed by atoms with Gasteiger partial charge in [-0.15, -0.1) is 0 Å². The summed E-state index contributed by atoms with van der Waals surface area (Å²) in [6, 6.07) is 5.14. The fraction of sp³-hybridized carbons (Fsp3) is 0.357. The second-order valence-electron chi connectivity index (χ2n) is 4.96. The SMILES string of the molecule is Cc1nn(C)c(C)c1CNS(=O)(=O)c1cccc(Br)c1C. The van der Waals surface area contributed by atoms with Gasteiger partial charge in [0.15, 0.2) is 0 Å². The molecule has 0 amide bonds. The number of nitrogens with one attached hydrogen (secondary N) is 1. The molecule has 5 nitrogen and oxygen atoms in total. The maximum Gasteiger partial charge on any atom is 0.241 e. The van der Waals surface area contributed by atoms with Crippen LogP contribution in [0, 0.1) is 20.8 Å². The predicted molar refractivity (Wildman–Crippen MR) is 85.6 cm³/mol. The third kappa shape index (κ3) is 3.20. The van der Waals surface area contributed by atoms with E-state index in [0.717, 1.165) is 21.4 Å². The summed E-state index contributed by atoms with van der Waals surface area (Å²) in [5, 5.41) is 4.29. The summed E-state index contributed by atoms with van der Waals surface area (Å²) in [6.07, 6.45) is 0. The zero-order chi connectivity index (χ0) is 15.8. The van der Waals surface area contributed by atoms with Crippen LogP contribution in [-0.4, -0.2) is 18.2 Å². The molecule has 21 heavy (non-hydrogen) atoms. The number of hydrogen-bond acceptors (Lipinski definition) is 3. The lowest BCUT2D eigenvalue weighted by atomic mass is 10.2. The van der Waals surface area contributed by atoms with E-state index in [2.05, 4.69) is 25.8 Å². The molecule has 2 rings (SSSR count). The highest BCUT2D eigenvalue weighted by molar-refractivity contribution is 9.10. The van der Waals surface area contributed by atoms with Crippen molar-refractivity contribution in [2.75, 3.05) is 0 Å². The molecule has 0 fully saturated rings.